The smallest absolute Gasteiger partial charge is 0.307 e. The third kappa shape index (κ3) is 4.30. The van der Waals surface area contributed by atoms with Gasteiger partial charge in [0.1, 0.15) is 0 Å². The van der Waals surface area contributed by atoms with Gasteiger partial charge in [0.05, 0.1) is 25.2 Å². The second-order valence-corrected chi connectivity index (χ2v) is 5.33. The van der Waals surface area contributed by atoms with Gasteiger partial charge in [-0.3, -0.25) is 9.69 Å². The molecule has 1 aliphatic rings. The molecule has 0 bridgehead atoms. The summed E-state index contributed by atoms with van der Waals surface area (Å²) in [5, 5.41) is 17.9. The summed E-state index contributed by atoms with van der Waals surface area (Å²) in [6.45, 7) is 4.39. The molecule has 2 N–H and O–H groups in total. The molecule has 110 valence electrons. The van der Waals surface area contributed by atoms with E-state index < -0.39 is 5.97 Å². The number of benzene rings is 1. The summed E-state index contributed by atoms with van der Waals surface area (Å²) in [6.07, 6.45) is 0.0544. The number of aliphatic hydroxyl groups excluding tert-OH is 1. The lowest BCUT2D eigenvalue weighted by molar-refractivity contribution is -0.136. The number of ether oxygens (including phenoxy) is 1. The van der Waals surface area contributed by atoms with Crippen LogP contribution in [-0.4, -0.2) is 53.0 Å². The van der Waals surface area contributed by atoms with Gasteiger partial charge in [-0.1, -0.05) is 24.3 Å². The Kier molecular flexibility index (Phi) is 5.11. The van der Waals surface area contributed by atoms with E-state index in [1.165, 1.54) is 0 Å². The van der Waals surface area contributed by atoms with Crippen LogP contribution in [0.1, 0.15) is 18.1 Å². The number of morpholine rings is 1. The van der Waals surface area contributed by atoms with Crippen LogP contribution in [-0.2, 0) is 22.5 Å². The fourth-order valence-electron chi connectivity index (χ4n) is 2.57. The molecule has 2 atom stereocenters. The first kappa shape index (κ1) is 15.0. The molecule has 1 saturated heterocycles. The highest BCUT2D eigenvalue weighted by Gasteiger charge is 2.24. The van der Waals surface area contributed by atoms with Crippen LogP contribution < -0.4 is 0 Å². The van der Waals surface area contributed by atoms with E-state index in [9.17, 15) is 9.90 Å². The Morgan fingerprint density at radius 2 is 1.95 bits per heavy atom. The molecule has 0 aliphatic carbocycles. The van der Waals surface area contributed by atoms with Crippen molar-refractivity contribution in [3.8, 4) is 0 Å². The van der Waals surface area contributed by atoms with Crippen molar-refractivity contribution in [2.75, 3.05) is 19.7 Å². The van der Waals surface area contributed by atoms with Crippen LogP contribution in [0, 0.1) is 0 Å². The van der Waals surface area contributed by atoms with Crippen molar-refractivity contribution in [2.24, 2.45) is 0 Å². The second kappa shape index (κ2) is 6.83. The summed E-state index contributed by atoms with van der Waals surface area (Å²) < 4.78 is 5.61. The normalized spacial score (nSPS) is 23.7. The molecule has 1 fully saturated rings. The Morgan fingerprint density at radius 3 is 2.55 bits per heavy atom. The molecule has 1 aliphatic heterocycles. The Morgan fingerprint density at radius 1 is 1.30 bits per heavy atom. The van der Waals surface area contributed by atoms with Crippen LogP contribution in [0.4, 0.5) is 0 Å². The third-order valence-electron chi connectivity index (χ3n) is 3.39. The van der Waals surface area contributed by atoms with Gasteiger partial charge in [-0.2, -0.15) is 0 Å². The summed E-state index contributed by atoms with van der Waals surface area (Å²) in [7, 11) is 0. The number of hydrogen-bond acceptors (Lipinski definition) is 4. The van der Waals surface area contributed by atoms with Crippen molar-refractivity contribution in [1.29, 1.82) is 0 Å². The second-order valence-electron chi connectivity index (χ2n) is 5.33. The molecule has 20 heavy (non-hydrogen) atoms. The fraction of sp³-hybridized carbons (Fsp3) is 0.533. The first-order chi connectivity index (χ1) is 9.56. The van der Waals surface area contributed by atoms with Gasteiger partial charge < -0.3 is 14.9 Å². The van der Waals surface area contributed by atoms with Crippen LogP contribution in [0.2, 0.25) is 0 Å². The average Bonchev–Trinajstić information content (AvgIpc) is 2.39. The van der Waals surface area contributed by atoms with Gasteiger partial charge in [-0.15, -0.1) is 0 Å². The molecular weight excluding hydrogens is 258 g/mol. The molecule has 0 radical (unpaired) electrons. The topological polar surface area (TPSA) is 70.0 Å². The van der Waals surface area contributed by atoms with E-state index in [-0.39, 0.29) is 25.2 Å². The van der Waals surface area contributed by atoms with E-state index in [0.717, 1.165) is 30.8 Å². The standard InChI is InChI=1S/C15H21NO4/c1-11-7-16(9-14(10-17)20-11)8-13-4-2-12(3-5-13)6-15(18)19/h2-5,11,14,17H,6-10H2,1H3,(H,18,19). The zero-order chi connectivity index (χ0) is 14.5. The predicted octanol–water partition coefficient (Wildman–Crippen LogP) is 0.895. The lowest BCUT2D eigenvalue weighted by atomic mass is 10.1. The molecule has 0 aromatic heterocycles. The highest BCUT2D eigenvalue weighted by molar-refractivity contribution is 5.70. The summed E-state index contributed by atoms with van der Waals surface area (Å²) in [6, 6.07) is 7.65. The van der Waals surface area contributed by atoms with Crippen molar-refractivity contribution in [3.63, 3.8) is 0 Å². The van der Waals surface area contributed by atoms with Gasteiger partial charge in [0.25, 0.3) is 0 Å². The van der Waals surface area contributed by atoms with Crippen molar-refractivity contribution in [3.05, 3.63) is 35.4 Å². The van der Waals surface area contributed by atoms with Gasteiger partial charge in [0.2, 0.25) is 0 Å². The highest BCUT2D eigenvalue weighted by Crippen LogP contribution is 2.15. The summed E-state index contributed by atoms with van der Waals surface area (Å²) in [5.41, 5.74) is 1.95. The molecule has 1 aromatic rings. The Balaban J connectivity index is 1.93. The van der Waals surface area contributed by atoms with Gasteiger partial charge in [0.15, 0.2) is 0 Å². The maximum atomic E-state index is 10.6. The van der Waals surface area contributed by atoms with E-state index in [0.29, 0.717) is 0 Å². The quantitative estimate of drug-likeness (QED) is 0.838. The number of aliphatic hydroxyl groups is 1. The molecule has 0 amide bonds. The summed E-state index contributed by atoms with van der Waals surface area (Å²) >= 11 is 0. The molecule has 0 spiro atoms. The minimum absolute atomic E-state index is 0.0401. The zero-order valence-electron chi connectivity index (χ0n) is 11.7. The van der Waals surface area contributed by atoms with Crippen LogP contribution in [0.25, 0.3) is 0 Å². The van der Waals surface area contributed by atoms with E-state index in [1.54, 1.807) is 0 Å². The Labute approximate surface area is 118 Å². The van der Waals surface area contributed by atoms with Gasteiger partial charge >= 0.3 is 5.97 Å². The molecule has 5 heteroatoms. The highest BCUT2D eigenvalue weighted by atomic mass is 16.5. The number of hydrogen-bond donors (Lipinski definition) is 2. The molecule has 5 nitrogen and oxygen atoms in total. The number of nitrogens with zero attached hydrogens (tertiary/aromatic N) is 1. The number of carbonyl (C=O) groups is 1. The largest absolute Gasteiger partial charge is 0.481 e. The van der Waals surface area contributed by atoms with Crippen molar-refractivity contribution >= 4 is 5.97 Å². The molecule has 2 rings (SSSR count). The first-order valence-electron chi connectivity index (χ1n) is 6.85. The fourth-order valence-corrected chi connectivity index (χ4v) is 2.57. The van der Waals surface area contributed by atoms with Crippen molar-refractivity contribution in [2.45, 2.75) is 32.1 Å². The minimum atomic E-state index is -0.814. The van der Waals surface area contributed by atoms with E-state index in [4.69, 9.17) is 9.84 Å². The lowest BCUT2D eigenvalue weighted by Crippen LogP contribution is -2.47. The summed E-state index contributed by atoms with van der Waals surface area (Å²) in [4.78, 5) is 12.9. The molecular formula is C15H21NO4. The van der Waals surface area contributed by atoms with Gasteiger partial charge in [-0.25, -0.2) is 0 Å². The van der Waals surface area contributed by atoms with Crippen LogP contribution >= 0.6 is 0 Å². The predicted molar refractivity (Wildman–Crippen MR) is 74.5 cm³/mol. The number of aliphatic carboxylic acids is 1. The van der Waals surface area contributed by atoms with Gasteiger partial charge in [0, 0.05) is 19.6 Å². The molecule has 1 heterocycles. The number of carboxylic acids is 1. The van der Waals surface area contributed by atoms with E-state index in [2.05, 4.69) is 4.90 Å². The van der Waals surface area contributed by atoms with E-state index >= 15 is 0 Å². The van der Waals surface area contributed by atoms with Crippen LogP contribution in [0.15, 0.2) is 24.3 Å². The van der Waals surface area contributed by atoms with E-state index in [1.807, 2.05) is 31.2 Å². The first-order valence-corrected chi connectivity index (χ1v) is 6.85. The van der Waals surface area contributed by atoms with Crippen molar-refractivity contribution in [1.82, 2.24) is 4.90 Å². The zero-order valence-corrected chi connectivity index (χ0v) is 11.7. The molecule has 1 aromatic carbocycles. The maximum absolute atomic E-state index is 10.6. The Hall–Kier alpha value is -1.43. The number of rotatable bonds is 5. The monoisotopic (exact) mass is 279 g/mol. The van der Waals surface area contributed by atoms with Crippen LogP contribution in [0.3, 0.4) is 0 Å². The minimum Gasteiger partial charge on any atom is -0.481 e. The Bertz CT molecular complexity index is 446. The summed E-state index contributed by atoms with van der Waals surface area (Å²) in [5.74, 6) is -0.814. The van der Waals surface area contributed by atoms with Crippen LogP contribution in [0.5, 0.6) is 0 Å². The van der Waals surface area contributed by atoms with Crippen molar-refractivity contribution < 1.29 is 19.7 Å². The lowest BCUT2D eigenvalue weighted by Gasteiger charge is -2.36. The molecule has 0 saturated carbocycles. The third-order valence-corrected chi connectivity index (χ3v) is 3.39. The average molecular weight is 279 g/mol. The maximum Gasteiger partial charge on any atom is 0.307 e. The molecule has 2 unspecified atom stereocenters. The SMILES string of the molecule is CC1CN(Cc2ccc(CC(=O)O)cc2)CC(CO)O1. The number of carboxylic acid groups (broad SMARTS) is 1. The van der Waals surface area contributed by atoms with Gasteiger partial charge in [-0.05, 0) is 18.1 Å².